The maximum atomic E-state index is 13.0. The Morgan fingerprint density at radius 1 is 1.07 bits per heavy atom. The number of thiazole rings is 1. The zero-order valence-corrected chi connectivity index (χ0v) is 17.4. The van der Waals surface area contributed by atoms with Gasteiger partial charge in [0.25, 0.3) is 5.91 Å². The molecule has 148 valence electrons. The standard InChI is InChI=1S/C22H20ClN3O2S/c23-15-4-3-5-16(12-15)26-20(27)13-18(22(26)28)25-10-8-14(9-11-25)21-24-17-6-1-2-7-19(17)29-21/h1-7,12,14,18H,8-11,13H2/p+1. The van der Waals surface area contributed by atoms with Crippen molar-refractivity contribution in [2.75, 3.05) is 18.0 Å². The van der Waals surface area contributed by atoms with E-state index < -0.39 is 0 Å². The van der Waals surface area contributed by atoms with Gasteiger partial charge in [0.05, 0.1) is 40.4 Å². The predicted octanol–water partition coefficient (Wildman–Crippen LogP) is 3.04. The molecule has 0 saturated carbocycles. The summed E-state index contributed by atoms with van der Waals surface area (Å²) in [5.74, 6) is 0.196. The van der Waals surface area contributed by atoms with Crippen molar-refractivity contribution in [1.29, 1.82) is 0 Å². The lowest BCUT2D eigenvalue weighted by atomic mass is 9.96. The summed E-state index contributed by atoms with van der Waals surface area (Å²) in [7, 11) is 0. The molecule has 1 aromatic heterocycles. The lowest BCUT2D eigenvalue weighted by Gasteiger charge is -2.31. The van der Waals surface area contributed by atoms with Gasteiger partial charge in [0.1, 0.15) is 0 Å². The molecule has 2 aliphatic rings. The van der Waals surface area contributed by atoms with Crippen molar-refractivity contribution in [2.24, 2.45) is 0 Å². The summed E-state index contributed by atoms with van der Waals surface area (Å²) in [6, 6.07) is 14.9. The van der Waals surface area contributed by atoms with E-state index in [1.807, 2.05) is 12.1 Å². The minimum atomic E-state index is -0.294. The van der Waals surface area contributed by atoms with Gasteiger partial charge in [-0.25, -0.2) is 9.88 Å². The van der Waals surface area contributed by atoms with Gasteiger partial charge in [0.2, 0.25) is 5.91 Å². The minimum absolute atomic E-state index is 0.106. The summed E-state index contributed by atoms with van der Waals surface area (Å²) >= 11 is 7.82. The van der Waals surface area contributed by atoms with Crippen molar-refractivity contribution in [3.8, 4) is 0 Å². The minimum Gasteiger partial charge on any atom is -0.324 e. The number of para-hydroxylation sites is 1. The maximum absolute atomic E-state index is 13.0. The number of hydrogen-bond donors (Lipinski definition) is 1. The molecule has 0 radical (unpaired) electrons. The molecule has 5 rings (SSSR count). The number of piperidine rings is 1. The monoisotopic (exact) mass is 426 g/mol. The number of nitrogens with zero attached hydrogens (tertiary/aromatic N) is 2. The SMILES string of the molecule is O=C1CC([NH+]2CCC(c3nc4ccccc4s3)CC2)C(=O)N1c1cccc(Cl)c1. The zero-order valence-electron chi connectivity index (χ0n) is 15.8. The first-order chi connectivity index (χ1) is 14.1. The molecule has 1 atom stereocenters. The van der Waals surface area contributed by atoms with Crippen molar-refractivity contribution in [2.45, 2.75) is 31.2 Å². The average molecular weight is 427 g/mol. The van der Waals surface area contributed by atoms with Crippen molar-refractivity contribution < 1.29 is 14.5 Å². The smallest absolute Gasteiger partial charge is 0.292 e. The molecule has 2 saturated heterocycles. The van der Waals surface area contributed by atoms with Gasteiger partial charge in [0.15, 0.2) is 6.04 Å². The van der Waals surface area contributed by atoms with Crippen molar-refractivity contribution >= 4 is 50.7 Å². The number of carbonyl (C=O) groups excluding carboxylic acids is 2. The molecule has 1 unspecified atom stereocenters. The molecule has 5 nitrogen and oxygen atoms in total. The van der Waals surface area contributed by atoms with Crippen LogP contribution in [0.4, 0.5) is 5.69 Å². The van der Waals surface area contributed by atoms with Crippen molar-refractivity contribution in [1.82, 2.24) is 4.98 Å². The first kappa shape index (κ1) is 18.7. The fourth-order valence-corrected chi connectivity index (χ4v) is 5.81. The highest BCUT2D eigenvalue weighted by molar-refractivity contribution is 7.18. The Morgan fingerprint density at radius 2 is 1.86 bits per heavy atom. The highest BCUT2D eigenvalue weighted by atomic mass is 35.5. The molecular weight excluding hydrogens is 406 g/mol. The molecule has 2 amide bonds. The number of quaternary nitrogens is 1. The summed E-state index contributed by atoms with van der Waals surface area (Å²) in [5, 5.41) is 1.72. The van der Waals surface area contributed by atoms with Crippen LogP contribution in [0.2, 0.25) is 5.02 Å². The largest absolute Gasteiger partial charge is 0.324 e. The molecule has 3 heterocycles. The van der Waals surface area contributed by atoms with Crippen LogP contribution in [0.15, 0.2) is 48.5 Å². The number of amides is 2. The van der Waals surface area contributed by atoms with Crippen LogP contribution in [0.25, 0.3) is 10.2 Å². The Labute approximate surface area is 177 Å². The maximum Gasteiger partial charge on any atom is 0.292 e. The topological polar surface area (TPSA) is 54.7 Å². The third-order valence-corrected chi connectivity index (χ3v) is 7.43. The van der Waals surface area contributed by atoms with Crippen LogP contribution in [-0.2, 0) is 9.59 Å². The second-order valence-electron chi connectivity index (χ2n) is 7.76. The Balaban J connectivity index is 1.28. The molecule has 29 heavy (non-hydrogen) atoms. The van der Waals surface area contributed by atoms with Crippen LogP contribution in [0.3, 0.4) is 0 Å². The van der Waals surface area contributed by atoms with Gasteiger partial charge in [-0.1, -0.05) is 29.8 Å². The molecule has 2 fully saturated rings. The van der Waals surface area contributed by atoms with Gasteiger partial charge in [0, 0.05) is 23.8 Å². The van der Waals surface area contributed by atoms with Gasteiger partial charge >= 0.3 is 0 Å². The summed E-state index contributed by atoms with van der Waals surface area (Å²) < 4.78 is 1.23. The number of rotatable bonds is 3. The van der Waals surface area contributed by atoms with Crippen LogP contribution in [-0.4, -0.2) is 35.9 Å². The van der Waals surface area contributed by atoms with Gasteiger partial charge in [-0.2, -0.15) is 0 Å². The third-order valence-electron chi connectivity index (χ3n) is 5.99. The Hall–Kier alpha value is -2.28. The van der Waals surface area contributed by atoms with E-state index in [-0.39, 0.29) is 24.3 Å². The number of carbonyl (C=O) groups is 2. The van der Waals surface area contributed by atoms with E-state index in [1.54, 1.807) is 35.6 Å². The zero-order chi connectivity index (χ0) is 20.0. The van der Waals surface area contributed by atoms with Gasteiger partial charge < -0.3 is 4.90 Å². The van der Waals surface area contributed by atoms with Gasteiger partial charge in [-0.3, -0.25) is 9.59 Å². The van der Waals surface area contributed by atoms with E-state index in [4.69, 9.17) is 16.6 Å². The number of halogens is 1. The average Bonchev–Trinajstić information content (AvgIpc) is 3.29. The summed E-state index contributed by atoms with van der Waals surface area (Å²) in [4.78, 5) is 32.9. The van der Waals surface area contributed by atoms with Crippen LogP contribution in [0.1, 0.15) is 30.2 Å². The number of aromatic nitrogens is 1. The predicted molar refractivity (Wildman–Crippen MR) is 115 cm³/mol. The fraction of sp³-hybridized carbons (Fsp3) is 0.318. The number of anilines is 1. The van der Waals surface area contributed by atoms with Crippen molar-refractivity contribution in [3.05, 3.63) is 58.6 Å². The van der Waals surface area contributed by atoms with Gasteiger partial charge in [-0.15, -0.1) is 11.3 Å². The normalized spacial score (nSPS) is 25.1. The Morgan fingerprint density at radius 3 is 2.62 bits per heavy atom. The number of nitrogens with one attached hydrogen (secondary N) is 1. The van der Waals surface area contributed by atoms with Crippen LogP contribution >= 0.6 is 22.9 Å². The molecule has 2 aromatic carbocycles. The highest BCUT2D eigenvalue weighted by Gasteiger charge is 2.46. The van der Waals surface area contributed by atoms with Crippen LogP contribution < -0.4 is 9.80 Å². The van der Waals surface area contributed by atoms with E-state index >= 15 is 0 Å². The van der Waals surface area contributed by atoms with E-state index in [0.717, 1.165) is 31.4 Å². The summed E-state index contributed by atoms with van der Waals surface area (Å²) in [5.41, 5.74) is 1.63. The molecule has 3 aromatic rings. The molecule has 0 bridgehead atoms. The second-order valence-corrected chi connectivity index (χ2v) is 9.25. The first-order valence-electron chi connectivity index (χ1n) is 9.92. The van der Waals surface area contributed by atoms with E-state index in [0.29, 0.717) is 16.6 Å². The lowest BCUT2D eigenvalue weighted by Crippen LogP contribution is -3.17. The van der Waals surface area contributed by atoms with E-state index in [1.165, 1.54) is 19.5 Å². The number of imide groups is 1. The molecule has 2 aliphatic heterocycles. The Kier molecular flexibility index (Phi) is 4.86. The van der Waals surface area contributed by atoms with Gasteiger partial charge in [-0.05, 0) is 30.3 Å². The molecule has 7 heteroatoms. The highest BCUT2D eigenvalue weighted by Crippen LogP contribution is 2.32. The number of benzene rings is 2. The number of fused-ring (bicyclic) bond motifs is 1. The van der Waals surface area contributed by atoms with Crippen molar-refractivity contribution in [3.63, 3.8) is 0 Å². The summed E-state index contributed by atoms with van der Waals surface area (Å²) in [6.45, 7) is 1.77. The fourth-order valence-electron chi connectivity index (χ4n) is 4.49. The number of hydrogen-bond acceptors (Lipinski definition) is 4. The quantitative estimate of drug-likeness (QED) is 0.655. The van der Waals surface area contributed by atoms with E-state index in [2.05, 4.69) is 12.1 Å². The van der Waals surface area contributed by atoms with Crippen LogP contribution in [0, 0.1) is 0 Å². The number of likely N-dealkylation sites (tertiary alicyclic amines) is 1. The molecule has 0 aliphatic carbocycles. The molecule has 1 N–H and O–H groups in total. The molecular formula is C22H21ClN3O2S+. The first-order valence-corrected chi connectivity index (χ1v) is 11.1. The molecule has 0 spiro atoms. The lowest BCUT2D eigenvalue weighted by molar-refractivity contribution is -0.920. The van der Waals surface area contributed by atoms with E-state index in [9.17, 15) is 9.59 Å². The summed E-state index contributed by atoms with van der Waals surface area (Å²) in [6.07, 6.45) is 2.25. The third kappa shape index (κ3) is 3.45. The van der Waals surface area contributed by atoms with Crippen LogP contribution in [0.5, 0.6) is 0 Å². The second kappa shape index (κ2) is 7.52. The Bertz CT molecular complexity index is 1060.